The number of aliphatic hydroxyl groups is 1. The minimum Gasteiger partial charge on any atom is -0.391 e. The van der Waals surface area contributed by atoms with Crippen LogP contribution in [0.5, 0.6) is 0 Å². The van der Waals surface area contributed by atoms with Crippen LogP contribution in [-0.2, 0) is 0 Å². The van der Waals surface area contributed by atoms with Gasteiger partial charge in [0.25, 0.3) is 0 Å². The highest BCUT2D eigenvalue weighted by Gasteiger charge is 2.15. The molecule has 2 atom stereocenters. The Balaban J connectivity index is 0.00000225. The van der Waals surface area contributed by atoms with Crippen molar-refractivity contribution in [2.24, 2.45) is 5.73 Å². The second-order valence-corrected chi connectivity index (χ2v) is 3.79. The molecule has 1 aromatic carbocycles. The van der Waals surface area contributed by atoms with Gasteiger partial charge in [-0.3, -0.25) is 0 Å². The molecule has 0 radical (unpaired) electrons. The van der Waals surface area contributed by atoms with E-state index in [0.717, 1.165) is 18.4 Å². The van der Waals surface area contributed by atoms with Crippen LogP contribution in [0.4, 0.5) is 4.39 Å². The van der Waals surface area contributed by atoms with Gasteiger partial charge in [0.05, 0.1) is 12.1 Å². The third kappa shape index (κ3) is 4.47. The number of halogens is 2. The van der Waals surface area contributed by atoms with Crippen LogP contribution in [0.25, 0.3) is 0 Å². The van der Waals surface area contributed by atoms with E-state index >= 15 is 0 Å². The molecule has 0 heterocycles. The third-order valence-electron chi connectivity index (χ3n) is 2.52. The fraction of sp³-hybridized carbons (Fsp3) is 0.500. The fourth-order valence-corrected chi connectivity index (χ4v) is 1.50. The van der Waals surface area contributed by atoms with Gasteiger partial charge in [0.1, 0.15) is 5.82 Å². The Morgan fingerprint density at radius 3 is 2.38 bits per heavy atom. The standard InChI is InChI=1S/C12H18FNO.ClH/c1-2-3-4-11(15)12(14)9-5-7-10(13)8-6-9;/h5-8,11-12,15H,2-4,14H2,1H3;1H/t11-,12+;/m0./s1. The summed E-state index contributed by atoms with van der Waals surface area (Å²) >= 11 is 0. The summed E-state index contributed by atoms with van der Waals surface area (Å²) in [4.78, 5) is 0. The first kappa shape index (κ1) is 15.4. The minimum absolute atomic E-state index is 0. The molecule has 0 unspecified atom stereocenters. The predicted molar refractivity (Wildman–Crippen MR) is 66.1 cm³/mol. The van der Waals surface area contributed by atoms with E-state index in [9.17, 15) is 9.50 Å². The molecule has 0 fully saturated rings. The third-order valence-corrected chi connectivity index (χ3v) is 2.52. The van der Waals surface area contributed by atoms with Crippen LogP contribution in [0.1, 0.15) is 37.8 Å². The molecule has 0 spiro atoms. The highest BCUT2D eigenvalue weighted by atomic mass is 35.5. The molecule has 0 saturated carbocycles. The van der Waals surface area contributed by atoms with Crippen molar-refractivity contribution < 1.29 is 9.50 Å². The number of benzene rings is 1. The van der Waals surface area contributed by atoms with Gasteiger partial charge in [0, 0.05) is 0 Å². The van der Waals surface area contributed by atoms with Crippen LogP contribution >= 0.6 is 12.4 Å². The van der Waals surface area contributed by atoms with Crippen molar-refractivity contribution in [2.75, 3.05) is 0 Å². The molecule has 1 rings (SSSR count). The van der Waals surface area contributed by atoms with Crippen molar-refractivity contribution in [2.45, 2.75) is 38.3 Å². The Hall–Kier alpha value is -0.640. The van der Waals surface area contributed by atoms with E-state index < -0.39 is 12.1 Å². The van der Waals surface area contributed by atoms with E-state index in [0.29, 0.717) is 6.42 Å². The van der Waals surface area contributed by atoms with Gasteiger partial charge in [-0.2, -0.15) is 0 Å². The van der Waals surface area contributed by atoms with Crippen molar-refractivity contribution in [3.05, 3.63) is 35.6 Å². The maximum atomic E-state index is 12.7. The van der Waals surface area contributed by atoms with Gasteiger partial charge in [-0.05, 0) is 24.1 Å². The van der Waals surface area contributed by atoms with E-state index in [-0.39, 0.29) is 18.2 Å². The summed E-state index contributed by atoms with van der Waals surface area (Å²) in [6, 6.07) is 5.55. The maximum Gasteiger partial charge on any atom is 0.123 e. The minimum atomic E-state index is -0.546. The average molecular weight is 248 g/mol. The molecule has 3 N–H and O–H groups in total. The molecule has 92 valence electrons. The van der Waals surface area contributed by atoms with E-state index in [1.54, 1.807) is 12.1 Å². The Morgan fingerprint density at radius 1 is 1.31 bits per heavy atom. The second-order valence-electron chi connectivity index (χ2n) is 3.79. The summed E-state index contributed by atoms with van der Waals surface area (Å²) in [7, 11) is 0. The molecule has 0 bridgehead atoms. The summed E-state index contributed by atoms with van der Waals surface area (Å²) in [6.07, 6.45) is 2.13. The van der Waals surface area contributed by atoms with Crippen molar-refractivity contribution >= 4 is 12.4 Å². The number of aliphatic hydroxyl groups excluding tert-OH is 1. The zero-order valence-electron chi connectivity index (χ0n) is 9.40. The van der Waals surface area contributed by atoms with Gasteiger partial charge in [0.2, 0.25) is 0 Å². The highest BCUT2D eigenvalue weighted by Crippen LogP contribution is 2.18. The van der Waals surface area contributed by atoms with Gasteiger partial charge in [0.15, 0.2) is 0 Å². The lowest BCUT2D eigenvalue weighted by atomic mass is 9.98. The van der Waals surface area contributed by atoms with Crippen molar-refractivity contribution in [3.8, 4) is 0 Å². The van der Waals surface area contributed by atoms with Crippen LogP contribution in [0.15, 0.2) is 24.3 Å². The summed E-state index contributed by atoms with van der Waals surface area (Å²) in [5.74, 6) is -0.283. The number of hydrogen-bond donors (Lipinski definition) is 2. The van der Waals surface area contributed by atoms with Crippen LogP contribution in [0.3, 0.4) is 0 Å². The first-order chi connectivity index (χ1) is 7.15. The van der Waals surface area contributed by atoms with Gasteiger partial charge >= 0.3 is 0 Å². The predicted octanol–water partition coefficient (Wildman–Crippen LogP) is 2.80. The Labute approximate surface area is 102 Å². The van der Waals surface area contributed by atoms with Gasteiger partial charge < -0.3 is 10.8 Å². The molecular formula is C12H19ClFNO. The monoisotopic (exact) mass is 247 g/mol. The lowest BCUT2D eigenvalue weighted by Crippen LogP contribution is -2.26. The quantitative estimate of drug-likeness (QED) is 0.841. The van der Waals surface area contributed by atoms with Crippen molar-refractivity contribution in [1.82, 2.24) is 0 Å². The molecule has 0 aliphatic rings. The Kier molecular flexibility index (Phi) is 7.30. The highest BCUT2D eigenvalue weighted by molar-refractivity contribution is 5.85. The average Bonchev–Trinajstić information content (AvgIpc) is 2.26. The lowest BCUT2D eigenvalue weighted by Gasteiger charge is -2.18. The Bertz CT molecular complexity index is 292. The Morgan fingerprint density at radius 2 is 1.88 bits per heavy atom. The summed E-state index contributed by atoms with van der Waals surface area (Å²) in [5, 5.41) is 9.75. The normalized spacial score (nSPS) is 14.0. The smallest absolute Gasteiger partial charge is 0.123 e. The van der Waals surface area contributed by atoms with E-state index in [1.165, 1.54) is 12.1 Å². The molecular weight excluding hydrogens is 229 g/mol. The summed E-state index contributed by atoms with van der Waals surface area (Å²) < 4.78 is 12.7. The summed E-state index contributed by atoms with van der Waals surface area (Å²) in [5.41, 5.74) is 6.63. The molecule has 0 saturated heterocycles. The molecule has 1 aromatic rings. The van der Waals surface area contributed by atoms with Crippen LogP contribution < -0.4 is 5.73 Å². The number of nitrogens with two attached hydrogens (primary N) is 1. The van der Waals surface area contributed by atoms with Gasteiger partial charge in [-0.25, -0.2) is 4.39 Å². The molecule has 0 aromatic heterocycles. The lowest BCUT2D eigenvalue weighted by molar-refractivity contribution is 0.132. The number of hydrogen-bond acceptors (Lipinski definition) is 2. The van der Waals surface area contributed by atoms with Crippen LogP contribution in [0.2, 0.25) is 0 Å². The van der Waals surface area contributed by atoms with Crippen molar-refractivity contribution in [1.29, 1.82) is 0 Å². The summed E-state index contributed by atoms with van der Waals surface area (Å²) in [6.45, 7) is 2.07. The largest absolute Gasteiger partial charge is 0.391 e. The first-order valence-electron chi connectivity index (χ1n) is 5.34. The maximum absolute atomic E-state index is 12.7. The molecule has 2 nitrogen and oxygen atoms in total. The molecule has 16 heavy (non-hydrogen) atoms. The SMILES string of the molecule is CCCC[C@H](O)[C@H](N)c1ccc(F)cc1.Cl. The van der Waals surface area contributed by atoms with E-state index in [4.69, 9.17) is 5.73 Å². The molecule has 0 aliphatic heterocycles. The second kappa shape index (κ2) is 7.60. The van der Waals surface area contributed by atoms with Gasteiger partial charge in [-0.1, -0.05) is 31.9 Å². The fourth-order valence-electron chi connectivity index (χ4n) is 1.50. The molecule has 4 heteroatoms. The van der Waals surface area contributed by atoms with E-state index in [1.807, 2.05) is 0 Å². The zero-order chi connectivity index (χ0) is 11.3. The topological polar surface area (TPSA) is 46.2 Å². The molecule has 0 aliphatic carbocycles. The first-order valence-corrected chi connectivity index (χ1v) is 5.34. The zero-order valence-corrected chi connectivity index (χ0v) is 10.2. The molecule has 0 amide bonds. The van der Waals surface area contributed by atoms with Crippen LogP contribution in [-0.4, -0.2) is 11.2 Å². The van der Waals surface area contributed by atoms with Crippen LogP contribution in [0, 0.1) is 5.82 Å². The van der Waals surface area contributed by atoms with Gasteiger partial charge in [-0.15, -0.1) is 12.4 Å². The number of unbranched alkanes of at least 4 members (excludes halogenated alkanes) is 1. The van der Waals surface area contributed by atoms with E-state index in [2.05, 4.69) is 6.92 Å². The number of rotatable bonds is 5. The van der Waals surface area contributed by atoms with Crippen molar-refractivity contribution in [3.63, 3.8) is 0 Å².